The normalized spacial score (nSPS) is 18.4. The van der Waals surface area contributed by atoms with Crippen molar-refractivity contribution in [1.82, 2.24) is 0 Å². The Morgan fingerprint density at radius 2 is 1.31 bits per heavy atom. The molecule has 148 valence electrons. The Morgan fingerprint density at radius 1 is 0.793 bits per heavy atom. The van der Waals surface area contributed by atoms with E-state index in [9.17, 15) is 5.21 Å². The standard InChI is InChI=1S/C23H20ClNO4/c1-27-19-11-5-16(6-12-19)22-21(15-3-9-18(24)10-4-15)23(29-25(22)26)17-7-13-20(28-2)14-8-17/h3-14,21,23H,1-2H3. The largest absolute Gasteiger partial charge is 0.497 e. The number of rotatable bonds is 5. The van der Waals surface area contributed by atoms with Gasteiger partial charge in [0.1, 0.15) is 17.6 Å². The average molecular weight is 410 g/mol. The third-order valence-corrected chi connectivity index (χ3v) is 5.31. The molecule has 0 aromatic heterocycles. The predicted octanol–water partition coefficient (Wildman–Crippen LogP) is 5.13. The zero-order chi connectivity index (χ0) is 20.4. The molecule has 3 aromatic rings. The molecule has 0 saturated heterocycles. The lowest BCUT2D eigenvalue weighted by Gasteiger charge is -2.20. The molecule has 0 bridgehead atoms. The average Bonchev–Trinajstić information content (AvgIpc) is 3.11. The van der Waals surface area contributed by atoms with E-state index >= 15 is 0 Å². The molecule has 0 radical (unpaired) electrons. The summed E-state index contributed by atoms with van der Waals surface area (Å²) in [4.78, 5) is 6.40. The van der Waals surface area contributed by atoms with E-state index in [0.717, 1.165) is 28.2 Å². The van der Waals surface area contributed by atoms with Crippen molar-refractivity contribution >= 4 is 17.3 Å². The van der Waals surface area contributed by atoms with Gasteiger partial charge < -0.3 is 14.3 Å². The molecule has 0 amide bonds. The Morgan fingerprint density at radius 3 is 1.86 bits per heavy atom. The highest BCUT2D eigenvalue weighted by atomic mass is 35.5. The first-order valence-corrected chi connectivity index (χ1v) is 9.53. The maximum Gasteiger partial charge on any atom is 0.261 e. The molecule has 1 heterocycles. The van der Waals surface area contributed by atoms with Crippen molar-refractivity contribution in [2.45, 2.75) is 12.0 Å². The number of hydrogen-bond acceptors (Lipinski definition) is 4. The molecule has 2 unspecified atom stereocenters. The highest BCUT2D eigenvalue weighted by Crippen LogP contribution is 2.42. The second-order valence-electron chi connectivity index (χ2n) is 6.70. The van der Waals surface area contributed by atoms with Crippen LogP contribution in [0, 0.1) is 5.21 Å². The van der Waals surface area contributed by atoms with E-state index in [1.807, 2.05) is 72.8 Å². The van der Waals surface area contributed by atoms with Crippen molar-refractivity contribution in [2.75, 3.05) is 14.2 Å². The molecule has 4 rings (SSSR count). The lowest BCUT2D eigenvalue weighted by molar-refractivity contribution is -0.742. The van der Waals surface area contributed by atoms with E-state index < -0.39 is 6.10 Å². The van der Waals surface area contributed by atoms with Gasteiger partial charge in [-0.15, -0.1) is 0 Å². The van der Waals surface area contributed by atoms with Gasteiger partial charge in [0, 0.05) is 15.5 Å². The lowest BCUT2D eigenvalue weighted by atomic mass is 9.83. The Hall–Kier alpha value is -3.18. The number of nitrogens with zero attached hydrogens (tertiary/aromatic N) is 1. The van der Waals surface area contributed by atoms with Gasteiger partial charge in [0.05, 0.1) is 20.1 Å². The van der Waals surface area contributed by atoms with Gasteiger partial charge in [-0.25, -0.2) is 0 Å². The second kappa shape index (κ2) is 8.05. The van der Waals surface area contributed by atoms with Crippen LogP contribution < -0.4 is 9.47 Å². The van der Waals surface area contributed by atoms with Gasteiger partial charge >= 0.3 is 0 Å². The van der Waals surface area contributed by atoms with Crippen LogP contribution in [0.3, 0.4) is 0 Å². The Kier molecular flexibility index (Phi) is 5.32. The summed E-state index contributed by atoms with van der Waals surface area (Å²) in [5, 5.41) is 13.5. The summed E-state index contributed by atoms with van der Waals surface area (Å²) < 4.78 is 10.5. The zero-order valence-electron chi connectivity index (χ0n) is 16.0. The van der Waals surface area contributed by atoms with Crippen LogP contribution in [0.25, 0.3) is 0 Å². The summed E-state index contributed by atoms with van der Waals surface area (Å²) in [7, 11) is 3.23. The molecule has 29 heavy (non-hydrogen) atoms. The fraction of sp³-hybridized carbons (Fsp3) is 0.174. The van der Waals surface area contributed by atoms with Crippen molar-refractivity contribution < 1.29 is 19.2 Å². The Labute approximate surface area is 174 Å². The van der Waals surface area contributed by atoms with Gasteiger partial charge in [-0.1, -0.05) is 35.9 Å². The molecule has 0 aliphatic carbocycles. The minimum Gasteiger partial charge on any atom is -0.497 e. The minimum absolute atomic E-state index is 0.299. The zero-order valence-corrected chi connectivity index (χ0v) is 16.8. The van der Waals surface area contributed by atoms with Crippen LogP contribution in [0.15, 0.2) is 72.8 Å². The highest BCUT2D eigenvalue weighted by Gasteiger charge is 2.42. The maximum absolute atomic E-state index is 12.9. The van der Waals surface area contributed by atoms with Gasteiger partial charge in [0.25, 0.3) is 5.71 Å². The van der Waals surface area contributed by atoms with E-state index in [4.69, 9.17) is 25.9 Å². The Balaban J connectivity index is 1.79. The van der Waals surface area contributed by atoms with Crippen LogP contribution in [-0.4, -0.2) is 24.8 Å². The van der Waals surface area contributed by atoms with Crippen LogP contribution in [0.5, 0.6) is 11.5 Å². The quantitative estimate of drug-likeness (QED) is 0.548. The lowest BCUT2D eigenvalue weighted by Crippen LogP contribution is -2.18. The minimum atomic E-state index is -0.475. The van der Waals surface area contributed by atoms with E-state index in [0.29, 0.717) is 15.6 Å². The third kappa shape index (κ3) is 3.74. The van der Waals surface area contributed by atoms with E-state index in [1.54, 1.807) is 14.2 Å². The monoisotopic (exact) mass is 409 g/mol. The second-order valence-corrected chi connectivity index (χ2v) is 7.14. The number of hydrogen-bond donors (Lipinski definition) is 0. The van der Waals surface area contributed by atoms with Crippen LogP contribution in [0.1, 0.15) is 28.7 Å². The fourth-order valence-corrected chi connectivity index (χ4v) is 3.70. The first-order valence-electron chi connectivity index (χ1n) is 9.15. The molecule has 5 nitrogen and oxygen atoms in total. The molecule has 0 saturated carbocycles. The van der Waals surface area contributed by atoms with Crippen molar-refractivity contribution in [3.8, 4) is 11.5 Å². The first-order chi connectivity index (χ1) is 14.1. The third-order valence-electron chi connectivity index (χ3n) is 5.06. The van der Waals surface area contributed by atoms with Crippen molar-refractivity contribution in [3.05, 3.63) is 99.7 Å². The number of methoxy groups -OCH3 is 2. The summed E-state index contributed by atoms with van der Waals surface area (Å²) in [6.45, 7) is 0. The summed E-state index contributed by atoms with van der Waals surface area (Å²) in [5.74, 6) is 1.17. The van der Waals surface area contributed by atoms with Gasteiger partial charge in [-0.3, -0.25) is 5.21 Å². The van der Waals surface area contributed by atoms with E-state index in [2.05, 4.69) is 0 Å². The molecular weight excluding hydrogens is 390 g/mol. The summed E-state index contributed by atoms with van der Waals surface area (Å²) in [5.41, 5.74) is 3.14. The van der Waals surface area contributed by atoms with Crippen molar-refractivity contribution in [2.24, 2.45) is 0 Å². The predicted molar refractivity (Wildman–Crippen MR) is 112 cm³/mol. The summed E-state index contributed by atoms with van der Waals surface area (Å²) in [6, 6.07) is 22.4. The fourth-order valence-electron chi connectivity index (χ4n) is 3.57. The molecular formula is C23H20ClNO4. The summed E-state index contributed by atoms with van der Waals surface area (Å²) >= 11 is 6.08. The van der Waals surface area contributed by atoms with Crippen molar-refractivity contribution in [3.63, 3.8) is 0 Å². The SMILES string of the molecule is COc1ccc(C2=[N+]([O-])OC(c3ccc(OC)cc3)C2c2ccc(Cl)cc2)cc1. The van der Waals surface area contributed by atoms with Gasteiger partial charge in [0.2, 0.25) is 0 Å². The van der Waals surface area contributed by atoms with Crippen molar-refractivity contribution in [1.29, 1.82) is 0 Å². The smallest absolute Gasteiger partial charge is 0.261 e. The molecule has 1 aliphatic heterocycles. The van der Waals surface area contributed by atoms with Gasteiger partial charge in [0.15, 0.2) is 0 Å². The van der Waals surface area contributed by atoms with E-state index in [1.165, 1.54) is 0 Å². The van der Waals surface area contributed by atoms with Crippen LogP contribution in [-0.2, 0) is 4.84 Å². The Bertz CT molecular complexity index is 1010. The maximum atomic E-state index is 12.9. The van der Waals surface area contributed by atoms with Gasteiger partial charge in [-0.05, 0) is 59.7 Å². The molecule has 0 N–H and O–H groups in total. The molecule has 3 aromatic carbocycles. The number of halogens is 1. The van der Waals surface area contributed by atoms with E-state index in [-0.39, 0.29) is 5.92 Å². The first kappa shape index (κ1) is 19.2. The highest BCUT2D eigenvalue weighted by molar-refractivity contribution is 6.30. The number of ether oxygens (including phenoxy) is 2. The molecule has 2 atom stereocenters. The molecule has 0 fully saturated rings. The van der Waals surface area contributed by atoms with Crippen LogP contribution in [0.4, 0.5) is 0 Å². The molecule has 6 heteroatoms. The molecule has 0 spiro atoms. The van der Waals surface area contributed by atoms with Crippen LogP contribution >= 0.6 is 11.6 Å². The number of benzene rings is 3. The van der Waals surface area contributed by atoms with Gasteiger partial charge in [-0.2, -0.15) is 0 Å². The summed E-state index contributed by atoms with van der Waals surface area (Å²) in [6.07, 6.45) is -0.475. The van der Waals surface area contributed by atoms with Crippen LogP contribution in [0.2, 0.25) is 5.02 Å². The molecule has 1 aliphatic rings. The topological polar surface area (TPSA) is 53.8 Å².